The van der Waals surface area contributed by atoms with Crippen LogP contribution in [0.3, 0.4) is 0 Å². The van der Waals surface area contributed by atoms with E-state index in [0.29, 0.717) is 19.6 Å². The molecule has 0 radical (unpaired) electrons. The number of halogens is 6. The largest absolute Gasteiger partial charge is 0.490 e. The van der Waals surface area contributed by atoms with E-state index in [1.807, 2.05) is 24.8 Å². The van der Waals surface area contributed by atoms with E-state index >= 15 is 0 Å². The molecular weight excluding hydrogens is 644 g/mol. The molecule has 1 heterocycles. The van der Waals surface area contributed by atoms with Crippen LogP contribution in [0.5, 0.6) is 0 Å². The van der Waals surface area contributed by atoms with Crippen molar-refractivity contribution >= 4 is 27.5 Å². The molecule has 0 fully saturated rings. The van der Waals surface area contributed by atoms with Gasteiger partial charge < -0.3 is 14.9 Å². The maximum absolute atomic E-state index is 14.0. The van der Waals surface area contributed by atoms with Crippen LogP contribution < -0.4 is 4.90 Å². The molecule has 17 heteroatoms. The number of carbonyl (C=O) groups excluding carboxylic acids is 1. The van der Waals surface area contributed by atoms with Gasteiger partial charge in [-0.05, 0) is 55.9 Å². The first kappa shape index (κ1) is 37.6. The Labute approximate surface area is 261 Å². The Morgan fingerprint density at radius 1 is 1.02 bits per heavy atom. The first-order valence-corrected chi connectivity index (χ1v) is 15.3. The summed E-state index contributed by atoms with van der Waals surface area (Å²) in [6.07, 6.45) is -8.77. The highest BCUT2D eigenvalue weighted by Gasteiger charge is 2.42. The summed E-state index contributed by atoms with van der Waals surface area (Å²) in [6.45, 7) is 7.05. The predicted octanol–water partition coefficient (Wildman–Crippen LogP) is 5.74. The van der Waals surface area contributed by atoms with Gasteiger partial charge in [0.1, 0.15) is 0 Å². The zero-order chi connectivity index (χ0) is 35.2. The van der Waals surface area contributed by atoms with Gasteiger partial charge in [0.2, 0.25) is 0 Å². The van der Waals surface area contributed by atoms with Gasteiger partial charge in [0.15, 0.2) is 9.84 Å². The summed E-state index contributed by atoms with van der Waals surface area (Å²) in [7, 11) is -3.90. The van der Waals surface area contributed by atoms with Crippen molar-refractivity contribution < 1.29 is 49.5 Å². The molecule has 0 aliphatic carbocycles. The van der Waals surface area contributed by atoms with E-state index in [4.69, 9.17) is 9.90 Å². The Hall–Kier alpha value is -4.61. The minimum atomic E-state index is -5.08. The van der Waals surface area contributed by atoms with Crippen LogP contribution in [0.2, 0.25) is 0 Å². The van der Waals surface area contributed by atoms with Gasteiger partial charge in [-0.3, -0.25) is 4.90 Å². The van der Waals surface area contributed by atoms with E-state index in [0.717, 1.165) is 23.3 Å². The Morgan fingerprint density at radius 2 is 1.61 bits per heavy atom. The Morgan fingerprint density at radius 3 is 2.07 bits per heavy atom. The lowest BCUT2D eigenvalue weighted by Gasteiger charge is -2.43. The summed E-state index contributed by atoms with van der Waals surface area (Å²) in [4.78, 5) is 27.1. The lowest BCUT2D eigenvalue weighted by atomic mass is 9.92. The number of benzene rings is 2. The van der Waals surface area contributed by atoms with Gasteiger partial charge in [0.25, 0.3) is 0 Å². The van der Waals surface area contributed by atoms with Crippen LogP contribution in [0.1, 0.15) is 43.5 Å². The normalized spacial score (nSPS) is 15.7. The second kappa shape index (κ2) is 14.7. The molecule has 0 saturated heterocycles. The lowest BCUT2D eigenvalue weighted by molar-refractivity contribution is -0.192. The highest BCUT2D eigenvalue weighted by Crippen LogP contribution is 2.42. The minimum Gasteiger partial charge on any atom is -0.475 e. The van der Waals surface area contributed by atoms with Gasteiger partial charge in [-0.1, -0.05) is 26.0 Å². The maximum atomic E-state index is 14.0. The van der Waals surface area contributed by atoms with E-state index < -0.39 is 45.8 Å². The van der Waals surface area contributed by atoms with Crippen LogP contribution in [-0.4, -0.2) is 73.9 Å². The molecule has 10 nitrogen and oxygen atoms in total. The van der Waals surface area contributed by atoms with Gasteiger partial charge in [-0.25, -0.2) is 18.0 Å². The number of carboxylic acids is 1. The second-order valence-corrected chi connectivity index (χ2v) is 11.8. The number of nitrogens with zero attached hydrogens (tertiary/aromatic N) is 5. The number of likely N-dealkylation sites (N-methyl/N-ethyl adjacent to an activating group) is 1. The highest BCUT2D eigenvalue weighted by molar-refractivity contribution is 7.90. The SMILES string of the molecule is CCN(CC)CCN1C(=O)N(c2cccc(C(F)(F)F)c2)C(C)=C(C#N)[C@H]1c1ccc(C#N)cc1S(C)(=O)=O.O=C(O)C(F)(F)F. The summed E-state index contributed by atoms with van der Waals surface area (Å²) in [5.74, 6) is -2.76. The first-order valence-electron chi connectivity index (χ1n) is 13.4. The Balaban J connectivity index is 0.000000942. The first-order chi connectivity index (χ1) is 21.2. The van der Waals surface area contributed by atoms with Crippen molar-refractivity contribution in [2.24, 2.45) is 0 Å². The van der Waals surface area contributed by atoms with Crippen molar-refractivity contribution in [1.82, 2.24) is 9.80 Å². The second-order valence-electron chi connectivity index (χ2n) is 9.84. The topological polar surface area (TPSA) is 146 Å². The number of carbonyl (C=O) groups is 2. The minimum absolute atomic E-state index is 0.00108. The van der Waals surface area contributed by atoms with Crippen LogP contribution >= 0.6 is 0 Å². The molecule has 0 aromatic heterocycles. The quantitative estimate of drug-likeness (QED) is 0.350. The average molecular weight is 674 g/mol. The number of carboxylic acid groups (broad SMARTS) is 1. The summed E-state index contributed by atoms with van der Waals surface area (Å²) in [6, 6.07) is 10.4. The third-order valence-electron chi connectivity index (χ3n) is 6.93. The van der Waals surface area contributed by atoms with Crippen molar-refractivity contribution in [1.29, 1.82) is 10.5 Å². The van der Waals surface area contributed by atoms with Crippen LogP contribution in [-0.2, 0) is 20.8 Å². The van der Waals surface area contributed by atoms with Gasteiger partial charge in [0, 0.05) is 25.0 Å². The van der Waals surface area contributed by atoms with E-state index in [-0.39, 0.29) is 39.5 Å². The van der Waals surface area contributed by atoms with Gasteiger partial charge >= 0.3 is 24.4 Å². The number of nitriles is 2. The number of allylic oxidation sites excluding steroid dienone is 1. The van der Waals surface area contributed by atoms with Crippen molar-refractivity contribution in [2.45, 2.75) is 44.1 Å². The van der Waals surface area contributed by atoms with E-state index in [2.05, 4.69) is 6.07 Å². The van der Waals surface area contributed by atoms with E-state index in [1.54, 1.807) is 0 Å². The summed E-state index contributed by atoms with van der Waals surface area (Å²) >= 11 is 0. The number of urea groups is 1. The molecule has 248 valence electrons. The van der Waals surface area contributed by atoms with Crippen molar-refractivity contribution in [2.75, 3.05) is 37.3 Å². The molecule has 0 unspecified atom stereocenters. The van der Waals surface area contributed by atoms with E-state index in [9.17, 15) is 50.1 Å². The molecule has 46 heavy (non-hydrogen) atoms. The molecule has 2 aromatic carbocycles. The number of sulfone groups is 1. The Kier molecular flexibility index (Phi) is 12.0. The number of aliphatic carboxylic acids is 1. The summed E-state index contributed by atoms with van der Waals surface area (Å²) < 4.78 is 97.7. The zero-order valence-electron chi connectivity index (χ0n) is 24.9. The van der Waals surface area contributed by atoms with Crippen LogP contribution in [0, 0.1) is 22.7 Å². The number of alkyl halides is 6. The van der Waals surface area contributed by atoms with Gasteiger partial charge in [-0.2, -0.15) is 36.9 Å². The van der Waals surface area contributed by atoms with Crippen molar-refractivity contribution in [3.8, 4) is 12.1 Å². The van der Waals surface area contributed by atoms with E-state index in [1.165, 1.54) is 42.2 Å². The fraction of sp³-hybridized carbons (Fsp3) is 0.379. The molecule has 0 spiro atoms. The standard InChI is InChI=1S/C27H28F3N5O3S.C2HF3O2/c1-5-33(6-2)12-13-34-25(22-11-10-19(16-31)14-24(22)39(4,37)38)23(17-32)18(3)35(26(34)36)21-9-7-8-20(15-21)27(28,29)30;3-2(4,5)1(6)7/h7-11,14-15,25H,5-6,12-13H2,1-4H3;(H,6,7)/t25-;/m1./s1. The number of anilines is 1. The van der Waals surface area contributed by atoms with Crippen molar-refractivity contribution in [3.63, 3.8) is 0 Å². The number of hydrogen-bond acceptors (Lipinski definition) is 7. The summed E-state index contributed by atoms with van der Waals surface area (Å²) in [5.41, 5.74) is -0.738. The van der Waals surface area contributed by atoms with Gasteiger partial charge in [-0.15, -0.1) is 0 Å². The number of hydrogen-bond donors (Lipinski definition) is 1. The molecule has 1 N–H and O–H groups in total. The molecule has 0 bridgehead atoms. The molecule has 1 atom stereocenters. The fourth-order valence-electron chi connectivity index (χ4n) is 4.61. The molecule has 3 rings (SSSR count). The lowest BCUT2D eigenvalue weighted by Crippen LogP contribution is -2.51. The third-order valence-corrected chi connectivity index (χ3v) is 8.08. The molecule has 0 saturated carbocycles. The van der Waals surface area contributed by atoms with Crippen LogP contribution in [0.25, 0.3) is 0 Å². The monoisotopic (exact) mass is 673 g/mol. The average Bonchev–Trinajstić information content (AvgIpc) is 2.97. The number of rotatable bonds is 8. The van der Waals surface area contributed by atoms with Crippen LogP contribution in [0.15, 0.2) is 58.6 Å². The smallest absolute Gasteiger partial charge is 0.475 e. The maximum Gasteiger partial charge on any atom is 0.490 e. The molecule has 2 amide bonds. The van der Waals surface area contributed by atoms with Gasteiger partial charge in [0.05, 0.1) is 45.5 Å². The number of amides is 2. The fourth-order valence-corrected chi connectivity index (χ4v) is 5.56. The Bertz CT molecular complexity index is 1690. The molecular formula is C29H29F6N5O5S. The van der Waals surface area contributed by atoms with Crippen LogP contribution in [0.4, 0.5) is 36.8 Å². The zero-order valence-corrected chi connectivity index (χ0v) is 25.8. The molecule has 2 aromatic rings. The predicted molar refractivity (Wildman–Crippen MR) is 153 cm³/mol. The highest BCUT2D eigenvalue weighted by atomic mass is 32.2. The third kappa shape index (κ3) is 8.76. The summed E-state index contributed by atoms with van der Waals surface area (Å²) in [5, 5.41) is 26.7. The molecule has 1 aliphatic heterocycles. The molecule has 1 aliphatic rings. The van der Waals surface area contributed by atoms with Crippen molar-refractivity contribution in [3.05, 3.63) is 70.4 Å².